The Kier molecular flexibility index (Phi) is 5.71. The zero-order chi connectivity index (χ0) is 15.9. The van der Waals surface area contributed by atoms with Gasteiger partial charge in [0.25, 0.3) is 0 Å². The van der Waals surface area contributed by atoms with E-state index in [-0.39, 0.29) is 0 Å². The summed E-state index contributed by atoms with van der Waals surface area (Å²) in [4.78, 5) is 4.40. The Bertz CT molecular complexity index is 694. The van der Waals surface area contributed by atoms with Crippen LogP contribution in [0.25, 0.3) is 10.9 Å². The summed E-state index contributed by atoms with van der Waals surface area (Å²) in [5, 5.41) is 1.23. The quantitative estimate of drug-likeness (QED) is 0.550. The van der Waals surface area contributed by atoms with Crippen LogP contribution in [-0.2, 0) is 0 Å². The summed E-state index contributed by atoms with van der Waals surface area (Å²) < 4.78 is 0. The van der Waals surface area contributed by atoms with E-state index < -0.39 is 0 Å². The fraction of sp³-hybridized carbons (Fsp3) is 0.286. The van der Waals surface area contributed by atoms with Crippen molar-refractivity contribution in [2.24, 2.45) is 0 Å². The molecule has 0 radical (unpaired) electrons. The van der Waals surface area contributed by atoms with Gasteiger partial charge in [-0.2, -0.15) is 0 Å². The molecule has 2 aromatic carbocycles. The Morgan fingerprint density at radius 1 is 0.682 bits per heavy atom. The number of rotatable bonds is 2. The Morgan fingerprint density at radius 3 is 1.95 bits per heavy atom. The Hall–Kier alpha value is -2.15. The van der Waals surface area contributed by atoms with Gasteiger partial charge in [0.2, 0.25) is 0 Å². The monoisotopic (exact) mass is 291 g/mol. The van der Waals surface area contributed by atoms with Crippen LogP contribution in [0.2, 0.25) is 0 Å². The van der Waals surface area contributed by atoms with Crippen LogP contribution < -0.4 is 0 Å². The number of aromatic nitrogens is 1. The van der Waals surface area contributed by atoms with Gasteiger partial charge in [0.05, 0.1) is 5.52 Å². The molecule has 0 spiro atoms. The molecule has 0 aliphatic carbocycles. The smallest absolute Gasteiger partial charge is 0.0736 e. The minimum Gasteiger partial charge on any atom is -0.256 e. The summed E-state index contributed by atoms with van der Waals surface area (Å²) in [6.07, 6.45) is 1.86. The average molecular weight is 291 g/mol. The fourth-order valence-electron chi connectivity index (χ4n) is 2.43. The van der Waals surface area contributed by atoms with Crippen LogP contribution in [-0.4, -0.2) is 4.98 Å². The molecule has 0 aliphatic heterocycles. The summed E-state index contributed by atoms with van der Waals surface area (Å²) in [5.74, 6) is 1.20. The van der Waals surface area contributed by atoms with Gasteiger partial charge < -0.3 is 0 Å². The maximum Gasteiger partial charge on any atom is 0.0736 e. The van der Waals surface area contributed by atoms with Gasteiger partial charge in [0.15, 0.2) is 0 Å². The minimum absolute atomic E-state index is 0.540. The lowest BCUT2D eigenvalue weighted by Crippen LogP contribution is -1.90. The van der Waals surface area contributed by atoms with Crippen LogP contribution in [0, 0.1) is 0 Å². The van der Waals surface area contributed by atoms with Crippen molar-refractivity contribution in [1.82, 2.24) is 4.98 Å². The highest BCUT2D eigenvalue weighted by atomic mass is 14.6. The zero-order valence-electron chi connectivity index (χ0n) is 14.0. The maximum absolute atomic E-state index is 4.40. The summed E-state index contributed by atoms with van der Waals surface area (Å²) in [6.45, 7) is 8.80. The molecule has 0 unspecified atom stereocenters. The van der Waals surface area contributed by atoms with Gasteiger partial charge in [0.1, 0.15) is 0 Å². The molecule has 0 bridgehead atoms. The summed E-state index contributed by atoms with van der Waals surface area (Å²) in [5.41, 5.74) is 3.88. The lowest BCUT2D eigenvalue weighted by atomic mass is 10.00. The topological polar surface area (TPSA) is 12.9 Å². The maximum atomic E-state index is 4.40. The van der Waals surface area contributed by atoms with E-state index in [0.717, 1.165) is 5.52 Å². The van der Waals surface area contributed by atoms with Crippen molar-refractivity contribution in [1.29, 1.82) is 0 Å². The first kappa shape index (κ1) is 16.2. The number of nitrogens with zero attached hydrogens (tertiary/aromatic N) is 1. The molecule has 1 nitrogen and oxygen atoms in total. The van der Waals surface area contributed by atoms with E-state index in [4.69, 9.17) is 0 Å². The highest BCUT2D eigenvalue weighted by molar-refractivity contribution is 5.81. The highest BCUT2D eigenvalue weighted by Crippen LogP contribution is 2.22. The Labute approximate surface area is 134 Å². The lowest BCUT2D eigenvalue weighted by Gasteiger charge is -2.07. The first-order chi connectivity index (χ1) is 10.6. The van der Waals surface area contributed by atoms with Gasteiger partial charge in [0, 0.05) is 11.6 Å². The highest BCUT2D eigenvalue weighted by Gasteiger charge is 2.04. The second kappa shape index (κ2) is 7.74. The molecule has 3 aromatic rings. The van der Waals surface area contributed by atoms with Crippen molar-refractivity contribution < 1.29 is 0 Å². The average Bonchev–Trinajstić information content (AvgIpc) is 2.55. The molecule has 1 heterocycles. The summed E-state index contributed by atoms with van der Waals surface area (Å²) >= 11 is 0. The molecule has 0 aliphatic rings. The van der Waals surface area contributed by atoms with E-state index in [9.17, 15) is 0 Å². The molecule has 1 heteroatoms. The third kappa shape index (κ3) is 4.17. The molecular weight excluding hydrogens is 266 g/mol. The largest absolute Gasteiger partial charge is 0.256 e. The van der Waals surface area contributed by atoms with E-state index in [2.05, 4.69) is 81.2 Å². The molecule has 114 valence electrons. The second-order valence-corrected chi connectivity index (χ2v) is 6.14. The van der Waals surface area contributed by atoms with Crippen molar-refractivity contribution in [3.8, 4) is 0 Å². The van der Waals surface area contributed by atoms with Crippen LogP contribution >= 0.6 is 0 Å². The molecule has 0 N–H and O–H groups in total. The molecule has 0 fully saturated rings. The molecule has 22 heavy (non-hydrogen) atoms. The van der Waals surface area contributed by atoms with E-state index in [0.29, 0.717) is 11.8 Å². The van der Waals surface area contributed by atoms with Gasteiger partial charge in [-0.1, -0.05) is 82.3 Å². The van der Waals surface area contributed by atoms with Crippen molar-refractivity contribution in [2.45, 2.75) is 39.5 Å². The van der Waals surface area contributed by atoms with Gasteiger partial charge in [-0.25, -0.2) is 0 Å². The van der Waals surface area contributed by atoms with Crippen molar-refractivity contribution in [2.75, 3.05) is 0 Å². The van der Waals surface area contributed by atoms with Gasteiger partial charge in [-0.15, -0.1) is 0 Å². The van der Waals surface area contributed by atoms with Crippen LogP contribution in [0.15, 0.2) is 66.9 Å². The fourth-order valence-corrected chi connectivity index (χ4v) is 2.43. The van der Waals surface area contributed by atoms with Crippen molar-refractivity contribution in [3.05, 3.63) is 78.0 Å². The Morgan fingerprint density at radius 2 is 1.36 bits per heavy atom. The number of hydrogen-bond donors (Lipinski definition) is 0. The third-order valence-corrected chi connectivity index (χ3v) is 3.75. The Balaban J connectivity index is 0.000000172. The number of pyridine rings is 1. The predicted octanol–water partition coefficient (Wildman–Crippen LogP) is 6.17. The van der Waals surface area contributed by atoms with Crippen LogP contribution in [0.4, 0.5) is 0 Å². The molecule has 0 atom stereocenters. The zero-order valence-corrected chi connectivity index (χ0v) is 14.0. The standard InChI is InChI=1S/C12H13N.C9H12/c1-9(2)11-7-3-5-10-6-4-8-13-12(10)11;1-8(2)9-6-4-3-5-7-9/h3-9H,1-2H3;3-8H,1-2H3. The molecule has 0 saturated heterocycles. The normalized spacial score (nSPS) is 10.6. The van der Waals surface area contributed by atoms with Crippen LogP contribution in [0.1, 0.15) is 50.7 Å². The number of hydrogen-bond acceptors (Lipinski definition) is 1. The SMILES string of the molecule is CC(C)c1cccc2cccnc12.CC(C)c1ccccc1. The number of para-hydroxylation sites is 1. The van der Waals surface area contributed by atoms with E-state index in [1.54, 1.807) is 0 Å². The first-order valence-corrected chi connectivity index (χ1v) is 7.98. The van der Waals surface area contributed by atoms with Crippen molar-refractivity contribution in [3.63, 3.8) is 0 Å². The summed E-state index contributed by atoms with van der Waals surface area (Å²) in [7, 11) is 0. The minimum atomic E-state index is 0.540. The molecule has 0 amide bonds. The molecule has 1 aromatic heterocycles. The molecule has 3 rings (SSSR count). The van der Waals surface area contributed by atoms with Gasteiger partial charge in [-0.3, -0.25) is 4.98 Å². The van der Waals surface area contributed by atoms with Crippen LogP contribution in [0.5, 0.6) is 0 Å². The van der Waals surface area contributed by atoms with E-state index in [1.807, 2.05) is 18.3 Å². The third-order valence-electron chi connectivity index (χ3n) is 3.75. The predicted molar refractivity (Wildman–Crippen MR) is 96.4 cm³/mol. The second-order valence-electron chi connectivity index (χ2n) is 6.14. The molecular formula is C21H25N. The molecule has 0 saturated carbocycles. The van der Waals surface area contributed by atoms with Gasteiger partial charge in [-0.05, 0) is 29.0 Å². The lowest BCUT2D eigenvalue weighted by molar-refractivity contribution is 0.867. The number of fused-ring (bicyclic) bond motifs is 1. The van der Waals surface area contributed by atoms with Crippen molar-refractivity contribution >= 4 is 10.9 Å². The van der Waals surface area contributed by atoms with E-state index in [1.165, 1.54) is 16.5 Å². The van der Waals surface area contributed by atoms with Crippen LogP contribution in [0.3, 0.4) is 0 Å². The van der Waals surface area contributed by atoms with Gasteiger partial charge >= 0.3 is 0 Å². The first-order valence-electron chi connectivity index (χ1n) is 7.98. The van der Waals surface area contributed by atoms with E-state index >= 15 is 0 Å². The summed E-state index contributed by atoms with van der Waals surface area (Å²) in [6, 6.07) is 21.0. The number of benzene rings is 2.